The van der Waals surface area contributed by atoms with Gasteiger partial charge in [-0.15, -0.1) is 0 Å². The van der Waals surface area contributed by atoms with Gasteiger partial charge >= 0.3 is 0 Å². The van der Waals surface area contributed by atoms with Crippen LogP contribution in [0.1, 0.15) is 46.8 Å². The van der Waals surface area contributed by atoms with Gasteiger partial charge in [0.1, 0.15) is 11.4 Å². The standard InChI is InChI=1S/C15H25NO3/c1-11(2)9-14(3,4)13(17)16-10-15(5,18)12-7-6-8-19-12/h6-8,11,18H,9-10H2,1-5H3,(H,16,17). The van der Waals surface area contributed by atoms with Crippen molar-refractivity contribution in [2.24, 2.45) is 11.3 Å². The Morgan fingerprint density at radius 2 is 2.05 bits per heavy atom. The minimum Gasteiger partial charge on any atom is -0.466 e. The summed E-state index contributed by atoms with van der Waals surface area (Å²) in [5, 5.41) is 13.1. The van der Waals surface area contributed by atoms with Crippen molar-refractivity contribution >= 4 is 5.91 Å². The maximum atomic E-state index is 12.2. The predicted octanol–water partition coefficient (Wildman–Crippen LogP) is 2.68. The van der Waals surface area contributed by atoms with Gasteiger partial charge in [0.15, 0.2) is 0 Å². The Morgan fingerprint density at radius 3 is 2.53 bits per heavy atom. The summed E-state index contributed by atoms with van der Waals surface area (Å²) in [7, 11) is 0. The Kier molecular flexibility index (Phi) is 4.80. The van der Waals surface area contributed by atoms with Gasteiger partial charge in [0.05, 0.1) is 12.8 Å². The van der Waals surface area contributed by atoms with Crippen LogP contribution >= 0.6 is 0 Å². The van der Waals surface area contributed by atoms with Gasteiger partial charge in [-0.3, -0.25) is 4.79 Å². The van der Waals surface area contributed by atoms with Crippen molar-refractivity contribution in [3.8, 4) is 0 Å². The Balaban J connectivity index is 2.59. The predicted molar refractivity (Wildman–Crippen MR) is 74.5 cm³/mol. The maximum absolute atomic E-state index is 12.2. The molecule has 0 aromatic carbocycles. The van der Waals surface area contributed by atoms with Crippen molar-refractivity contribution in [1.29, 1.82) is 0 Å². The normalized spacial score (nSPS) is 15.3. The molecule has 0 saturated carbocycles. The minimum absolute atomic E-state index is 0.0481. The third-order valence-electron chi connectivity index (χ3n) is 3.18. The van der Waals surface area contributed by atoms with E-state index in [1.165, 1.54) is 6.26 Å². The average molecular weight is 267 g/mol. The maximum Gasteiger partial charge on any atom is 0.225 e. The molecular weight excluding hydrogens is 242 g/mol. The highest BCUT2D eigenvalue weighted by Gasteiger charge is 2.32. The average Bonchev–Trinajstić information content (AvgIpc) is 2.78. The molecule has 1 atom stereocenters. The first-order valence-electron chi connectivity index (χ1n) is 6.70. The van der Waals surface area contributed by atoms with E-state index in [4.69, 9.17) is 4.42 Å². The lowest BCUT2D eigenvalue weighted by atomic mass is 9.83. The lowest BCUT2D eigenvalue weighted by molar-refractivity contribution is -0.131. The van der Waals surface area contributed by atoms with Crippen LogP contribution in [0.2, 0.25) is 0 Å². The number of hydrogen-bond acceptors (Lipinski definition) is 3. The third-order valence-corrected chi connectivity index (χ3v) is 3.18. The molecule has 1 heterocycles. The molecule has 0 bridgehead atoms. The molecule has 0 aliphatic heterocycles. The van der Waals surface area contributed by atoms with Crippen LogP contribution in [0.3, 0.4) is 0 Å². The Hall–Kier alpha value is -1.29. The van der Waals surface area contributed by atoms with Gasteiger partial charge in [0.25, 0.3) is 0 Å². The summed E-state index contributed by atoms with van der Waals surface area (Å²) in [5.74, 6) is 0.855. The van der Waals surface area contributed by atoms with Gasteiger partial charge in [-0.25, -0.2) is 0 Å². The van der Waals surface area contributed by atoms with Crippen LogP contribution in [0.15, 0.2) is 22.8 Å². The summed E-state index contributed by atoms with van der Waals surface area (Å²) in [6, 6.07) is 3.42. The topological polar surface area (TPSA) is 62.5 Å². The summed E-state index contributed by atoms with van der Waals surface area (Å²) in [6.07, 6.45) is 2.32. The SMILES string of the molecule is CC(C)CC(C)(C)C(=O)NCC(C)(O)c1ccco1. The van der Waals surface area contributed by atoms with Crippen molar-refractivity contribution < 1.29 is 14.3 Å². The number of carbonyl (C=O) groups excluding carboxylic acids is 1. The van der Waals surface area contributed by atoms with Crippen LogP contribution in [-0.4, -0.2) is 17.6 Å². The number of nitrogens with one attached hydrogen (secondary N) is 1. The highest BCUT2D eigenvalue weighted by Crippen LogP contribution is 2.26. The number of aliphatic hydroxyl groups is 1. The molecule has 1 amide bonds. The highest BCUT2D eigenvalue weighted by molar-refractivity contribution is 5.81. The van der Waals surface area contributed by atoms with Crippen LogP contribution in [0.4, 0.5) is 0 Å². The number of carbonyl (C=O) groups is 1. The molecule has 1 rings (SSSR count). The van der Waals surface area contributed by atoms with E-state index >= 15 is 0 Å². The fraction of sp³-hybridized carbons (Fsp3) is 0.667. The van der Waals surface area contributed by atoms with Crippen molar-refractivity contribution in [2.75, 3.05) is 6.54 Å². The van der Waals surface area contributed by atoms with Crippen LogP contribution in [0, 0.1) is 11.3 Å². The second-order valence-electron chi connectivity index (χ2n) is 6.42. The van der Waals surface area contributed by atoms with Crippen molar-refractivity contribution in [2.45, 2.75) is 46.6 Å². The number of furan rings is 1. The third kappa shape index (κ3) is 4.39. The van der Waals surface area contributed by atoms with Gasteiger partial charge < -0.3 is 14.8 Å². The zero-order valence-corrected chi connectivity index (χ0v) is 12.5. The first-order valence-corrected chi connectivity index (χ1v) is 6.70. The molecule has 19 heavy (non-hydrogen) atoms. The van der Waals surface area contributed by atoms with Gasteiger partial charge in [0, 0.05) is 5.41 Å². The molecule has 1 aromatic rings. The van der Waals surface area contributed by atoms with E-state index in [2.05, 4.69) is 19.2 Å². The van der Waals surface area contributed by atoms with E-state index in [9.17, 15) is 9.90 Å². The molecule has 4 nitrogen and oxygen atoms in total. The molecule has 0 spiro atoms. The molecule has 108 valence electrons. The summed E-state index contributed by atoms with van der Waals surface area (Å²) in [6.45, 7) is 9.79. The Bertz CT molecular complexity index is 405. The van der Waals surface area contributed by atoms with E-state index in [-0.39, 0.29) is 12.5 Å². The monoisotopic (exact) mass is 267 g/mol. The molecular formula is C15H25NO3. The zero-order valence-electron chi connectivity index (χ0n) is 12.5. The molecule has 0 aliphatic carbocycles. The zero-order chi connectivity index (χ0) is 14.7. The van der Waals surface area contributed by atoms with E-state index in [1.807, 2.05) is 13.8 Å². The van der Waals surface area contributed by atoms with E-state index in [0.717, 1.165) is 6.42 Å². The molecule has 2 N–H and O–H groups in total. The van der Waals surface area contributed by atoms with Gasteiger partial charge in [-0.1, -0.05) is 27.7 Å². The Labute approximate surface area is 115 Å². The first kappa shape index (κ1) is 15.8. The highest BCUT2D eigenvalue weighted by atomic mass is 16.4. The van der Waals surface area contributed by atoms with Gasteiger partial charge in [-0.05, 0) is 31.4 Å². The summed E-state index contributed by atoms with van der Waals surface area (Å²) >= 11 is 0. The second-order valence-corrected chi connectivity index (χ2v) is 6.42. The molecule has 1 unspecified atom stereocenters. The summed E-state index contributed by atoms with van der Waals surface area (Å²) in [4.78, 5) is 12.2. The largest absolute Gasteiger partial charge is 0.466 e. The number of rotatable bonds is 6. The molecule has 0 fully saturated rings. The fourth-order valence-corrected chi connectivity index (χ4v) is 2.28. The molecule has 1 aromatic heterocycles. The van der Waals surface area contributed by atoms with E-state index in [1.54, 1.807) is 19.1 Å². The van der Waals surface area contributed by atoms with Crippen LogP contribution in [-0.2, 0) is 10.4 Å². The number of amides is 1. The van der Waals surface area contributed by atoms with E-state index < -0.39 is 11.0 Å². The fourth-order valence-electron chi connectivity index (χ4n) is 2.28. The molecule has 4 heteroatoms. The first-order chi connectivity index (χ1) is 8.65. The lowest BCUT2D eigenvalue weighted by Gasteiger charge is -2.28. The van der Waals surface area contributed by atoms with E-state index in [0.29, 0.717) is 11.7 Å². The van der Waals surface area contributed by atoms with Crippen LogP contribution < -0.4 is 5.32 Å². The van der Waals surface area contributed by atoms with Gasteiger partial charge in [-0.2, -0.15) is 0 Å². The lowest BCUT2D eigenvalue weighted by Crippen LogP contribution is -2.44. The van der Waals surface area contributed by atoms with Gasteiger partial charge in [0.2, 0.25) is 5.91 Å². The molecule has 0 saturated heterocycles. The Morgan fingerprint density at radius 1 is 1.42 bits per heavy atom. The number of hydrogen-bond donors (Lipinski definition) is 2. The molecule has 0 aliphatic rings. The van der Waals surface area contributed by atoms with Crippen molar-refractivity contribution in [3.05, 3.63) is 24.2 Å². The van der Waals surface area contributed by atoms with Crippen molar-refractivity contribution in [1.82, 2.24) is 5.32 Å². The van der Waals surface area contributed by atoms with Crippen LogP contribution in [0.5, 0.6) is 0 Å². The second kappa shape index (κ2) is 5.78. The summed E-state index contributed by atoms with van der Waals surface area (Å²) in [5.41, 5.74) is -1.62. The quantitative estimate of drug-likeness (QED) is 0.833. The molecule has 0 radical (unpaired) electrons. The van der Waals surface area contributed by atoms with Crippen LogP contribution in [0.25, 0.3) is 0 Å². The summed E-state index contributed by atoms with van der Waals surface area (Å²) < 4.78 is 5.18. The van der Waals surface area contributed by atoms with Crippen molar-refractivity contribution in [3.63, 3.8) is 0 Å². The minimum atomic E-state index is -1.19. The smallest absolute Gasteiger partial charge is 0.225 e.